The van der Waals surface area contributed by atoms with E-state index in [0.29, 0.717) is 11.5 Å². The van der Waals surface area contributed by atoms with Crippen molar-refractivity contribution >= 4 is 23.0 Å². The van der Waals surface area contributed by atoms with Gasteiger partial charge in [0.2, 0.25) is 0 Å². The van der Waals surface area contributed by atoms with Crippen molar-refractivity contribution in [1.82, 2.24) is 10.4 Å². The molecule has 1 N–H and O–H groups in total. The molecule has 3 aromatic carbocycles. The minimum atomic E-state index is -0.267. The van der Waals surface area contributed by atoms with E-state index in [4.69, 9.17) is 9.72 Å². The van der Waals surface area contributed by atoms with Gasteiger partial charge >= 0.3 is 0 Å². The number of carbonyl (C=O) groups is 1. The first-order valence-corrected chi connectivity index (χ1v) is 11.4. The van der Waals surface area contributed by atoms with E-state index >= 15 is 0 Å². The summed E-state index contributed by atoms with van der Waals surface area (Å²) in [6.45, 7) is 6.36. The summed E-state index contributed by atoms with van der Waals surface area (Å²) in [7, 11) is 1.64. The molecular formula is C29H29N3O2. The van der Waals surface area contributed by atoms with Gasteiger partial charge in [0.15, 0.2) is 0 Å². The first-order valence-electron chi connectivity index (χ1n) is 11.4. The Morgan fingerprint density at radius 1 is 0.941 bits per heavy atom. The van der Waals surface area contributed by atoms with Crippen molar-refractivity contribution in [3.05, 3.63) is 95.6 Å². The lowest BCUT2D eigenvalue weighted by atomic mass is 9.99. The van der Waals surface area contributed by atoms with Crippen LogP contribution in [0.2, 0.25) is 0 Å². The number of ether oxygens (including phenoxy) is 1. The molecule has 5 nitrogen and oxygen atoms in total. The topological polar surface area (TPSA) is 63.6 Å². The monoisotopic (exact) mass is 451 g/mol. The molecule has 0 aliphatic heterocycles. The molecule has 0 aliphatic rings. The maximum Gasteiger partial charge on any atom is 0.272 e. The van der Waals surface area contributed by atoms with Gasteiger partial charge in [0.05, 0.1) is 23.9 Å². The summed E-state index contributed by atoms with van der Waals surface area (Å²) in [4.78, 5) is 17.9. The van der Waals surface area contributed by atoms with E-state index in [1.54, 1.807) is 13.3 Å². The summed E-state index contributed by atoms with van der Waals surface area (Å²) in [6, 6.07) is 25.7. The number of nitrogens with one attached hydrogen (secondary N) is 1. The summed E-state index contributed by atoms with van der Waals surface area (Å²) in [5.41, 5.74) is 8.09. The van der Waals surface area contributed by atoms with Crippen molar-refractivity contribution in [2.24, 2.45) is 5.10 Å². The van der Waals surface area contributed by atoms with Gasteiger partial charge in [-0.15, -0.1) is 0 Å². The maximum absolute atomic E-state index is 13.1. The zero-order chi connectivity index (χ0) is 24.1. The van der Waals surface area contributed by atoms with Gasteiger partial charge < -0.3 is 4.74 Å². The average molecular weight is 452 g/mol. The van der Waals surface area contributed by atoms with Gasteiger partial charge in [-0.05, 0) is 41.3 Å². The Kier molecular flexibility index (Phi) is 7.02. The van der Waals surface area contributed by atoms with E-state index < -0.39 is 0 Å². The number of pyridine rings is 1. The zero-order valence-electron chi connectivity index (χ0n) is 19.9. The highest BCUT2D eigenvalue weighted by molar-refractivity contribution is 6.07. The molecule has 0 unspecified atom stereocenters. The summed E-state index contributed by atoms with van der Waals surface area (Å²) in [6.07, 6.45) is 1.73. The minimum Gasteiger partial charge on any atom is -0.497 e. The Morgan fingerprint density at radius 3 is 2.29 bits per heavy atom. The van der Waals surface area contributed by atoms with Gasteiger partial charge in [-0.1, -0.05) is 75.4 Å². The molecule has 1 aromatic heterocycles. The lowest BCUT2D eigenvalue weighted by Gasteiger charge is -2.11. The molecule has 172 valence electrons. The number of aromatic nitrogens is 1. The summed E-state index contributed by atoms with van der Waals surface area (Å²) < 4.78 is 5.21. The van der Waals surface area contributed by atoms with E-state index in [-0.39, 0.29) is 11.8 Å². The predicted octanol–water partition coefficient (Wildman–Crippen LogP) is 6.55. The molecule has 1 amide bonds. The second kappa shape index (κ2) is 10.3. The van der Waals surface area contributed by atoms with Crippen molar-refractivity contribution < 1.29 is 9.53 Å². The van der Waals surface area contributed by atoms with Crippen molar-refractivity contribution in [2.75, 3.05) is 7.11 Å². The van der Waals surface area contributed by atoms with Crippen LogP contribution in [-0.2, 0) is 0 Å². The molecular weight excluding hydrogens is 422 g/mol. The Balaban J connectivity index is 1.58. The second-order valence-corrected chi connectivity index (χ2v) is 8.63. The molecule has 0 spiro atoms. The molecule has 0 radical (unpaired) electrons. The molecule has 1 heterocycles. The van der Waals surface area contributed by atoms with Gasteiger partial charge in [-0.2, -0.15) is 5.10 Å². The van der Waals surface area contributed by atoms with Crippen LogP contribution in [0.15, 0.2) is 84.0 Å². The van der Waals surface area contributed by atoms with Gasteiger partial charge in [0.25, 0.3) is 5.91 Å². The molecule has 0 fully saturated rings. The van der Waals surface area contributed by atoms with Crippen LogP contribution < -0.4 is 10.2 Å². The Bertz CT molecular complexity index is 1310. The fourth-order valence-electron chi connectivity index (χ4n) is 3.81. The van der Waals surface area contributed by atoms with Crippen molar-refractivity contribution in [1.29, 1.82) is 0 Å². The van der Waals surface area contributed by atoms with Crippen LogP contribution in [0, 0.1) is 0 Å². The van der Waals surface area contributed by atoms with E-state index in [1.807, 2.05) is 61.5 Å². The molecule has 0 bridgehead atoms. The van der Waals surface area contributed by atoms with Gasteiger partial charge in [0, 0.05) is 23.1 Å². The van der Waals surface area contributed by atoms with Gasteiger partial charge in [-0.3, -0.25) is 4.79 Å². The predicted molar refractivity (Wildman–Crippen MR) is 139 cm³/mol. The maximum atomic E-state index is 13.1. The quantitative estimate of drug-likeness (QED) is 0.256. The van der Waals surface area contributed by atoms with Crippen LogP contribution in [-0.4, -0.2) is 24.2 Å². The fourth-order valence-corrected chi connectivity index (χ4v) is 3.81. The Morgan fingerprint density at radius 2 is 1.62 bits per heavy atom. The highest BCUT2D eigenvalue weighted by atomic mass is 16.5. The number of para-hydroxylation sites is 1. The van der Waals surface area contributed by atoms with Crippen LogP contribution in [0.25, 0.3) is 22.2 Å². The molecule has 0 saturated heterocycles. The fraction of sp³-hybridized carbons (Fsp3) is 0.207. The summed E-state index contributed by atoms with van der Waals surface area (Å²) in [5, 5.41) is 5.02. The standard InChI is InChI=1S/C29H29N3O2/c1-19(2)21-9-11-23(12-10-21)28-17-26(25-7-5-6-8-27(25)31-28)29(33)32-30-18-20(3)22-13-15-24(34-4)16-14-22/h5-20H,1-4H3,(H,32,33)/b30-18-/t20-/m1/s1. The zero-order valence-corrected chi connectivity index (χ0v) is 19.9. The van der Waals surface area contributed by atoms with Crippen molar-refractivity contribution in [3.8, 4) is 17.0 Å². The number of hydrogen-bond acceptors (Lipinski definition) is 4. The number of methoxy groups -OCH3 is 1. The molecule has 0 saturated carbocycles. The number of hydrogen-bond donors (Lipinski definition) is 1. The number of hydrazone groups is 1. The number of carbonyl (C=O) groups excluding carboxylic acids is 1. The van der Waals surface area contributed by atoms with Crippen LogP contribution in [0.4, 0.5) is 0 Å². The van der Waals surface area contributed by atoms with E-state index in [2.05, 4.69) is 48.6 Å². The van der Waals surface area contributed by atoms with E-state index in [9.17, 15) is 4.79 Å². The molecule has 5 heteroatoms. The Labute approximate surface area is 200 Å². The Hall–Kier alpha value is -3.99. The largest absolute Gasteiger partial charge is 0.497 e. The van der Waals surface area contributed by atoms with Gasteiger partial charge in [-0.25, -0.2) is 10.4 Å². The second-order valence-electron chi connectivity index (χ2n) is 8.63. The normalized spacial score (nSPS) is 12.3. The SMILES string of the molecule is COc1ccc([C@H](C)/C=N\NC(=O)c2cc(-c3ccc(C(C)C)cc3)nc3ccccc23)cc1. The molecule has 4 aromatic rings. The number of rotatable bonds is 7. The highest BCUT2D eigenvalue weighted by Gasteiger charge is 2.14. The van der Waals surface area contributed by atoms with Crippen LogP contribution >= 0.6 is 0 Å². The smallest absolute Gasteiger partial charge is 0.272 e. The third-order valence-corrected chi connectivity index (χ3v) is 5.94. The molecule has 4 rings (SSSR count). The third-order valence-electron chi connectivity index (χ3n) is 5.94. The summed E-state index contributed by atoms with van der Waals surface area (Å²) in [5.74, 6) is 1.03. The number of nitrogens with zero attached hydrogens (tertiary/aromatic N) is 2. The highest BCUT2D eigenvalue weighted by Crippen LogP contribution is 2.26. The van der Waals surface area contributed by atoms with Crippen LogP contribution in [0.5, 0.6) is 5.75 Å². The van der Waals surface area contributed by atoms with E-state index in [1.165, 1.54) is 5.56 Å². The number of benzene rings is 3. The number of amides is 1. The minimum absolute atomic E-state index is 0.0374. The molecule has 1 atom stereocenters. The lowest BCUT2D eigenvalue weighted by molar-refractivity contribution is 0.0956. The third kappa shape index (κ3) is 5.15. The number of fused-ring (bicyclic) bond motifs is 1. The average Bonchev–Trinajstić information content (AvgIpc) is 2.88. The first kappa shape index (κ1) is 23.2. The molecule has 34 heavy (non-hydrogen) atoms. The van der Waals surface area contributed by atoms with Gasteiger partial charge in [0.1, 0.15) is 5.75 Å². The summed E-state index contributed by atoms with van der Waals surface area (Å²) >= 11 is 0. The first-order chi connectivity index (χ1) is 16.5. The lowest BCUT2D eigenvalue weighted by Crippen LogP contribution is -2.19. The molecule has 0 aliphatic carbocycles. The van der Waals surface area contributed by atoms with Crippen LogP contribution in [0.1, 0.15) is 54.1 Å². The van der Waals surface area contributed by atoms with Crippen molar-refractivity contribution in [2.45, 2.75) is 32.6 Å². The van der Waals surface area contributed by atoms with Crippen LogP contribution in [0.3, 0.4) is 0 Å². The van der Waals surface area contributed by atoms with E-state index in [0.717, 1.165) is 33.5 Å². The van der Waals surface area contributed by atoms with Crippen molar-refractivity contribution in [3.63, 3.8) is 0 Å².